The Balaban J connectivity index is 1.82. The first-order valence-electron chi connectivity index (χ1n) is 6.62. The molecule has 1 aliphatic rings. The van der Waals surface area contributed by atoms with Crippen LogP contribution in [0, 0.1) is 0 Å². The molecule has 20 heavy (non-hydrogen) atoms. The van der Waals surface area contributed by atoms with Crippen LogP contribution in [-0.4, -0.2) is 60.9 Å². The highest BCUT2D eigenvalue weighted by Gasteiger charge is 2.23. The Hall–Kier alpha value is -0.920. The zero-order chi connectivity index (χ0) is 14.5. The van der Waals surface area contributed by atoms with E-state index in [1.165, 1.54) is 11.3 Å². The summed E-state index contributed by atoms with van der Waals surface area (Å²) >= 11 is 4.89. The largest absolute Gasteiger partial charge is 0.355 e. The van der Waals surface area contributed by atoms with Gasteiger partial charge in [-0.2, -0.15) is 0 Å². The fraction of sp³-hybridized carbons (Fsp3) is 0.538. The van der Waals surface area contributed by atoms with E-state index in [9.17, 15) is 9.59 Å². The van der Waals surface area contributed by atoms with Crippen molar-refractivity contribution >= 4 is 39.1 Å². The standard InChI is InChI=1S/C13H18BrN3O2S/c1-2-15-12(18)8-16-3-5-17(6-4-16)13(19)10-7-11(14)20-9-10/h7,9H,2-6,8H2,1H3,(H,15,18). The van der Waals surface area contributed by atoms with Crippen LogP contribution < -0.4 is 5.32 Å². The summed E-state index contributed by atoms with van der Waals surface area (Å²) in [4.78, 5) is 27.7. The molecule has 2 amide bonds. The van der Waals surface area contributed by atoms with Crippen LogP contribution in [0.2, 0.25) is 0 Å². The fourth-order valence-corrected chi connectivity index (χ4v) is 3.30. The average Bonchev–Trinajstić information content (AvgIpc) is 2.86. The topological polar surface area (TPSA) is 52.7 Å². The molecule has 0 bridgehead atoms. The van der Waals surface area contributed by atoms with Crippen LogP contribution in [0.1, 0.15) is 17.3 Å². The number of carbonyl (C=O) groups is 2. The number of rotatable bonds is 4. The summed E-state index contributed by atoms with van der Waals surface area (Å²) in [6.07, 6.45) is 0. The molecule has 0 atom stereocenters. The van der Waals surface area contributed by atoms with E-state index in [-0.39, 0.29) is 11.8 Å². The van der Waals surface area contributed by atoms with Crippen molar-refractivity contribution in [1.29, 1.82) is 0 Å². The van der Waals surface area contributed by atoms with E-state index in [1.54, 1.807) is 0 Å². The lowest BCUT2D eigenvalue weighted by Gasteiger charge is -2.34. The SMILES string of the molecule is CCNC(=O)CN1CCN(C(=O)c2csc(Br)c2)CC1. The van der Waals surface area contributed by atoms with Crippen LogP contribution >= 0.6 is 27.3 Å². The number of thiophene rings is 1. The van der Waals surface area contributed by atoms with E-state index in [1.807, 2.05) is 23.3 Å². The molecule has 0 spiro atoms. The molecular weight excluding hydrogens is 342 g/mol. The van der Waals surface area contributed by atoms with Gasteiger partial charge in [0.15, 0.2) is 0 Å². The van der Waals surface area contributed by atoms with Gasteiger partial charge in [0.05, 0.1) is 15.9 Å². The lowest BCUT2D eigenvalue weighted by Crippen LogP contribution is -2.51. The summed E-state index contributed by atoms with van der Waals surface area (Å²) in [5.41, 5.74) is 0.735. The van der Waals surface area contributed by atoms with Gasteiger partial charge in [-0.3, -0.25) is 14.5 Å². The van der Waals surface area contributed by atoms with Crippen LogP contribution in [0.15, 0.2) is 15.2 Å². The molecule has 0 saturated carbocycles. The van der Waals surface area contributed by atoms with Gasteiger partial charge in [-0.15, -0.1) is 11.3 Å². The van der Waals surface area contributed by atoms with Crippen LogP contribution in [0.3, 0.4) is 0 Å². The number of amides is 2. The van der Waals surface area contributed by atoms with E-state index in [0.717, 1.165) is 22.4 Å². The first kappa shape index (κ1) is 15.5. The molecule has 1 aromatic rings. The van der Waals surface area contributed by atoms with Crippen LogP contribution in [-0.2, 0) is 4.79 Å². The Morgan fingerprint density at radius 3 is 2.60 bits per heavy atom. The molecule has 2 heterocycles. The normalized spacial score (nSPS) is 16.2. The highest BCUT2D eigenvalue weighted by molar-refractivity contribution is 9.11. The first-order chi connectivity index (χ1) is 9.60. The third-order valence-corrected chi connectivity index (χ3v) is 4.72. The lowest BCUT2D eigenvalue weighted by molar-refractivity contribution is -0.122. The van der Waals surface area contributed by atoms with E-state index in [4.69, 9.17) is 0 Å². The van der Waals surface area contributed by atoms with Crippen molar-refractivity contribution in [3.63, 3.8) is 0 Å². The molecule has 1 saturated heterocycles. The second kappa shape index (κ2) is 7.19. The number of likely N-dealkylation sites (N-methyl/N-ethyl adjacent to an activating group) is 1. The first-order valence-corrected chi connectivity index (χ1v) is 8.29. The van der Waals surface area contributed by atoms with Crippen LogP contribution in [0.4, 0.5) is 0 Å². The Morgan fingerprint density at radius 2 is 2.05 bits per heavy atom. The number of hydrogen-bond acceptors (Lipinski definition) is 4. The van der Waals surface area contributed by atoms with E-state index < -0.39 is 0 Å². The Morgan fingerprint density at radius 1 is 1.35 bits per heavy atom. The van der Waals surface area contributed by atoms with Crippen molar-refractivity contribution in [3.05, 3.63) is 20.8 Å². The van der Waals surface area contributed by atoms with Crippen LogP contribution in [0.5, 0.6) is 0 Å². The highest BCUT2D eigenvalue weighted by atomic mass is 79.9. The average molecular weight is 360 g/mol. The molecule has 7 heteroatoms. The Bertz CT molecular complexity index is 484. The van der Waals surface area contributed by atoms with Gasteiger partial charge >= 0.3 is 0 Å². The summed E-state index contributed by atoms with van der Waals surface area (Å²) < 4.78 is 0.968. The second-order valence-electron chi connectivity index (χ2n) is 4.66. The van der Waals surface area contributed by atoms with Gasteiger partial charge in [-0.25, -0.2) is 0 Å². The molecule has 0 unspecified atom stereocenters. The summed E-state index contributed by atoms with van der Waals surface area (Å²) in [6, 6.07) is 1.86. The van der Waals surface area contributed by atoms with Gasteiger partial charge in [-0.05, 0) is 28.9 Å². The Labute approximate surface area is 131 Å². The van der Waals surface area contributed by atoms with Crippen molar-refractivity contribution in [3.8, 4) is 0 Å². The molecule has 0 radical (unpaired) electrons. The third-order valence-electron chi connectivity index (χ3n) is 3.22. The zero-order valence-corrected chi connectivity index (χ0v) is 13.8. The van der Waals surface area contributed by atoms with Gasteiger partial charge < -0.3 is 10.2 Å². The maximum Gasteiger partial charge on any atom is 0.254 e. The van der Waals surface area contributed by atoms with Gasteiger partial charge in [0.1, 0.15) is 0 Å². The maximum atomic E-state index is 12.3. The second-order valence-corrected chi connectivity index (χ2v) is 6.95. The van der Waals surface area contributed by atoms with Crippen LogP contribution in [0.25, 0.3) is 0 Å². The summed E-state index contributed by atoms with van der Waals surface area (Å²) in [5.74, 6) is 0.124. The Kier molecular flexibility index (Phi) is 5.56. The van der Waals surface area contributed by atoms with Gasteiger partial charge in [0.2, 0.25) is 5.91 Å². The molecule has 110 valence electrons. The quantitative estimate of drug-likeness (QED) is 0.883. The van der Waals surface area contributed by atoms with E-state index >= 15 is 0 Å². The van der Waals surface area contributed by atoms with E-state index in [0.29, 0.717) is 26.2 Å². The maximum absolute atomic E-state index is 12.3. The van der Waals surface area contributed by atoms with Gasteiger partial charge in [-0.1, -0.05) is 0 Å². The molecule has 1 fully saturated rings. The predicted molar refractivity (Wildman–Crippen MR) is 83.0 cm³/mol. The number of carbonyl (C=O) groups excluding carboxylic acids is 2. The number of halogens is 1. The predicted octanol–water partition coefficient (Wildman–Crippen LogP) is 1.40. The van der Waals surface area contributed by atoms with Crippen molar-refractivity contribution in [2.24, 2.45) is 0 Å². The molecule has 1 aliphatic heterocycles. The summed E-state index contributed by atoms with van der Waals surface area (Å²) in [6.45, 7) is 5.82. The van der Waals surface area contributed by atoms with Gasteiger partial charge in [0, 0.05) is 38.1 Å². The minimum Gasteiger partial charge on any atom is -0.355 e. The van der Waals surface area contributed by atoms with Crippen molar-refractivity contribution < 1.29 is 9.59 Å². The molecule has 1 N–H and O–H groups in total. The third kappa shape index (κ3) is 4.04. The minimum absolute atomic E-state index is 0.0500. The number of nitrogens with one attached hydrogen (secondary N) is 1. The summed E-state index contributed by atoms with van der Waals surface area (Å²) in [5, 5.41) is 4.66. The molecule has 0 aromatic carbocycles. The fourth-order valence-electron chi connectivity index (χ4n) is 2.17. The molecule has 1 aromatic heterocycles. The monoisotopic (exact) mass is 359 g/mol. The number of nitrogens with zero attached hydrogens (tertiary/aromatic N) is 2. The zero-order valence-electron chi connectivity index (χ0n) is 11.4. The summed E-state index contributed by atoms with van der Waals surface area (Å²) in [7, 11) is 0. The minimum atomic E-state index is 0.0500. The number of hydrogen-bond donors (Lipinski definition) is 1. The highest BCUT2D eigenvalue weighted by Crippen LogP contribution is 2.22. The molecular formula is C13H18BrN3O2S. The van der Waals surface area contributed by atoms with Gasteiger partial charge in [0.25, 0.3) is 5.91 Å². The molecule has 0 aliphatic carbocycles. The van der Waals surface area contributed by atoms with Crippen molar-refractivity contribution in [2.75, 3.05) is 39.3 Å². The van der Waals surface area contributed by atoms with Crippen molar-refractivity contribution in [1.82, 2.24) is 15.1 Å². The molecule has 2 rings (SSSR count). The smallest absolute Gasteiger partial charge is 0.254 e. The van der Waals surface area contributed by atoms with Crippen molar-refractivity contribution in [2.45, 2.75) is 6.92 Å². The number of piperazine rings is 1. The van der Waals surface area contributed by atoms with E-state index in [2.05, 4.69) is 26.1 Å². The molecule has 5 nitrogen and oxygen atoms in total. The lowest BCUT2D eigenvalue weighted by atomic mass is 10.2.